The van der Waals surface area contributed by atoms with Crippen LogP contribution in [0.2, 0.25) is 0 Å². The van der Waals surface area contributed by atoms with Gasteiger partial charge in [0.05, 0.1) is 28.0 Å². The van der Waals surface area contributed by atoms with Gasteiger partial charge in [-0.1, -0.05) is 25.7 Å². The molecule has 3 N–H and O–H groups in total. The highest BCUT2D eigenvalue weighted by molar-refractivity contribution is 7.92. The van der Waals surface area contributed by atoms with E-state index in [9.17, 15) is 31.6 Å². The number of hydrogen-bond acceptors (Lipinski definition) is 6. The Bertz CT molecular complexity index is 1670. The van der Waals surface area contributed by atoms with Crippen LogP contribution in [0.4, 0.5) is 19.3 Å². The fourth-order valence-electron chi connectivity index (χ4n) is 5.11. The molecule has 1 aliphatic rings. The van der Waals surface area contributed by atoms with Crippen LogP contribution in [0.3, 0.4) is 0 Å². The molecule has 1 aromatic heterocycles. The molecule has 0 spiro atoms. The van der Waals surface area contributed by atoms with E-state index in [1.165, 1.54) is 11.0 Å². The minimum atomic E-state index is -4.51. The third-order valence-corrected chi connectivity index (χ3v) is 8.39. The SMILES string of the molecule is C[C@@H](CC1CCCC1)N(Cc1cc(F)ccc1NS(=O)(=O)c1cc(F)c2[nH]c(=O)[nH]c(=O)c2c1)C(=O)OC(C)(C)C. The molecule has 1 heterocycles. The number of carbonyl (C=O) groups excluding carboxylic acids is 1. The molecule has 3 aromatic rings. The Balaban J connectivity index is 1.69. The Labute approximate surface area is 236 Å². The zero-order valence-corrected chi connectivity index (χ0v) is 24.2. The van der Waals surface area contributed by atoms with Crippen molar-refractivity contribution in [1.29, 1.82) is 0 Å². The van der Waals surface area contributed by atoms with Crippen LogP contribution < -0.4 is 16.0 Å². The number of ether oxygens (including phenoxy) is 1. The number of rotatable bonds is 8. The molecular formula is C28H34F2N4O6S. The van der Waals surface area contributed by atoms with Crippen LogP contribution in [0, 0.1) is 17.6 Å². The summed E-state index contributed by atoms with van der Waals surface area (Å²) < 4.78 is 63.8. The van der Waals surface area contributed by atoms with Crippen LogP contribution in [0.5, 0.6) is 0 Å². The summed E-state index contributed by atoms with van der Waals surface area (Å²) in [6.07, 6.45) is 4.44. The molecule has 0 unspecified atom stereocenters. The fraction of sp³-hybridized carbons (Fsp3) is 0.464. The molecule has 0 saturated heterocycles. The van der Waals surface area contributed by atoms with Gasteiger partial charge in [0.15, 0.2) is 0 Å². The van der Waals surface area contributed by atoms with Crippen molar-refractivity contribution >= 4 is 32.7 Å². The van der Waals surface area contributed by atoms with Gasteiger partial charge in [-0.05, 0) is 75.9 Å². The van der Waals surface area contributed by atoms with Crippen molar-refractivity contribution in [3.63, 3.8) is 0 Å². The number of H-pyrrole nitrogens is 2. The average Bonchev–Trinajstić information content (AvgIpc) is 3.36. The lowest BCUT2D eigenvalue weighted by Gasteiger charge is -2.33. The molecule has 0 radical (unpaired) electrons. The first-order valence-electron chi connectivity index (χ1n) is 13.4. The number of hydrogen-bond donors (Lipinski definition) is 3. The second-order valence-electron chi connectivity index (χ2n) is 11.5. The topological polar surface area (TPSA) is 141 Å². The molecule has 0 aliphatic heterocycles. The summed E-state index contributed by atoms with van der Waals surface area (Å²) in [5.74, 6) is -1.34. The minimum absolute atomic E-state index is 0.0380. The number of sulfonamides is 1. The van der Waals surface area contributed by atoms with Crippen LogP contribution in [0.1, 0.15) is 65.4 Å². The van der Waals surface area contributed by atoms with Gasteiger partial charge in [-0.25, -0.2) is 26.8 Å². The van der Waals surface area contributed by atoms with Gasteiger partial charge in [0, 0.05) is 6.04 Å². The standard InChI is InChI=1S/C28H34F2N4O6S/c1-16(11-17-7-5-6-8-17)34(27(37)40-28(2,3)4)15-18-12-19(29)9-10-23(18)33-41(38,39)20-13-21-24(22(30)14-20)31-26(36)32-25(21)35/h9-10,12-14,16-17,33H,5-8,11,15H2,1-4H3,(H2,31,32,35,36)/t16-/m0/s1. The van der Waals surface area contributed by atoms with Crippen LogP contribution in [0.25, 0.3) is 10.9 Å². The maximum Gasteiger partial charge on any atom is 0.410 e. The molecule has 1 fully saturated rings. The second-order valence-corrected chi connectivity index (χ2v) is 13.2. The monoisotopic (exact) mass is 592 g/mol. The van der Waals surface area contributed by atoms with E-state index in [1.807, 2.05) is 11.9 Å². The van der Waals surface area contributed by atoms with Crippen molar-refractivity contribution in [2.75, 3.05) is 4.72 Å². The summed E-state index contributed by atoms with van der Waals surface area (Å²) in [7, 11) is -4.51. The summed E-state index contributed by atoms with van der Waals surface area (Å²) in [6.45, 7) is 6.91. The van der Waals surface area contributed by atoms with Crippen molar-refractivity contribution < 1.29 is 26.7 Å². The zero-order chi connectivity index (χ0) is 30.1. The number of benzene rings is 2. The number of carbonyl (C=O) groups is 1. The molecular weight excluding hydrogens is 558 g/mol. The number of aromatic nitrogens is 2. The number of aromatic amines is 2. The first-order valence-corrected chi connectivity index (χ1v) is 14.9. The summed E-state index contributed by atoms with van der Waals surface area (Å²) in [5, 5.41) is -0.374. The Morgan fingerprint density at radius 3 is 2.46 bits per heavy atom. The van der Waals surface area contributed by atoms with Crippen LogP contribution in [0.15, 0.2) is 44.8 Å². The summed E-state index contributed by atoms with van der Waals surface area (Å²) >= 11 is 0. The van der Waals surface area contributed by atoms with Crippen LogP contribution >= 0.6 is 0 Å². The Morgan fingerprint density at radius 2 is 1.80 bits per heavy atom. The van der Waals surface area contributed by atoms with Crippen molar-refractivity contribution in [1.82, 2.24) is 14.9 Å². The molecule has 1 atom stereocenters. The van der Waals surface area contributed by atoms with Gasteiger partial charge in [-0.2, -0.15) is 0 Å². The van der Waals surface area contributed by atoms with E-state index >= 15 is 0 Å². The molecule has 2 aromatic carbocycles. The summed E-state index contributed by atoms with van der Waals surface area (Å²) in [6, 6.07) is 4.68. The third kappa shape index (κ3) is 7.32. The summed E-state index contributed by atoms with van der Waals surface area (Å²) in [5.41, 5.74) is -3.03. The van der Waals surface area contributed by atoms with E-state index in [2.05, 4.69) is 9.71 Å². The lowest BCUT2D eigenvalue weighted by molar-refractivity contribution is 0.0134. The van der Waals surface area contributed by atoms with Gasteiger partial charge in [-0.3, -0.25) is 14.5 Å². The first kappa shape index (κ1) is 30.2. The number of halogens is 2. The molecule has 41 heavy (non-hydrogen) atoms. The quantitative estimate of drug-likeness (QED) is 0.336. The maximum absolute atomic E-state index is 14.7. The maximum atomic E-state index is 14.7. The van der Waals surface area contributed by atoms with E-state index < -0.39 is 55.0 Å². The van der Waals surface area contributed by atoms with Gasteiger partial charge in [-0.15, -0.1) is 0 Å². The first-order chi connectivity index (χ1) is 19.1. The lowest BCUT2D eigenvalue weighted by Crippen LogP contribution is -2.42. The summed E-state index contributed by atoms with van der Waals surface area (Å²) in [4.78, 5) is 41.9. The Morgan fingerprint density at radius 1 is 1.12 bits per heavy atom. The van der Waals surface area contributed by atoms with E-state index in [0.29, 0.717) is 18.4 Å². The third-order valence-electron chi connectivity index (χ3n) is 7.05. The lowest BCUT2D eigenvalue weighted by atomic mass is 9.98. The molecule has 4 rings (SSSR count). The molecule has 13 heteroatoms. The van der Waals surface area contributed by atoms with Crippen molar-refractivity contribution in [3.8, 4) is 0 Å². The number of nitrogens with one attached hydrogen (secondary N) is 3. The molecule has 1 amide bonds. The number of fused-ring (bicyclic) bond motifs is 1. The Hall–Kier alpha value is -3.74. The van der Waals surface area contributed by atoms with Crippen LogP contribution in [-0.2, 0) is 21.3 Å². The van der Waals surface area contributed by atoms with Crippen LogP contribution in [-0.4, -0.2) is 41.0 Å². The minimum Gasteiger partial charge on any atom is -0.444 e. The molecule has 10 nitrogen and oxygen atoms in total. The molecule has 0 bridgehead atoms. The van der Waals surface area contributed by atoms with Gasteiger partial charge < -0.3 is 14.6 Å². The number of nitrogens with zero attached hydrogens (tertiary/aromatic N) is 1. The van der Waals surface area contributed by atoms with Gasteiger partial charge in [0.25, 0.3) is 15.6 Å². The highest BCUT2D eigenvalue weighted by atomic mass is 32.2. The average molecular weight is 593 g/mol. The number of amides is 1. The van der Waals surface area contributed by atoms with Crippen molar-refractivity contribution in [2.45, 2.75) is 82.9 Å². The van der Waals surface area contributed by atoms with E-state index in [-0.39, 0.29) is 29.2 Å². The fourth-order valence-corrected chi connectivity index (χ4v) is 6.25. The zero-order valence-electron chi connectivity index (χ0n) is 23.3. The van der Waals surface area contributed by atoms with E-state index in [4.69, 9.17) is 4.74 Å². The predicted octanol–water partition coefficient (Wildman–Crippen LogP) is 5.00. The predicted molar refractivity (Wildman–Crippen MR) is 150 cm³/mol. The van der Waals surface area contributed by atoms with E-state index in [1.54, 1.807) is 20.8 Å². The number of anilines is 1. The smallest absolute Gasteiger partial charge is 0.410 e. The molecule has 1 aliphatic carbocycles. The van der Waals surface area contributed by atoms with E-state index in [0.717, 1.165) is 43.9 Å². The normalized spacial score (nSPS) is 15.2. The van der Waals surface area contributed by atoms with Gasteiger partial charge in [0.2, 0.25) is 0 Å². The van der Waals surface area contributed by atoms with Gasteiger partial charge in [0.1, 0.15) is 17.2 Å². The molecule has 1 saturated carbocycles. The second kappa shape index (κ2) is 11.6. The van der Waals surface area contributed by atoms with Crippen molar-refractivity contribution in [2.24, 2.45) is 5.92 Å². The highest BCUT2D eigenvalue weighted by Crippen LogP contribution is 2.32. The van der Waals surface area contributed by atoms with Crippen molar-refractivity contribution in [3.05, 3.63) is 68.4 Å². The molecule has 222 valence electrons. The Kier molecular flexibility index (Phi) is 8.57. The largest absolute Gasteiger partial charge is 0.444 e. The highest BCUT2D eigenvalue weighted by Gasteiger charge is 2.30. The van der Waals surface area contributed by atoms with Gasteiger partial charge >= 0.3 is 11.8 Å².